The highest BCUT2D eigenvalue weighted by molar-refractivity contribution is 7.15. The first kappa shape index (κ1) is 9.40. The molecule has 12 heavy (non-hydrogen) atoms. The van der Waals surface area contributed by atoms with Gasteiger partial charge in [0, 0.05) is 0 Å². The largest absolute Gasteiger partial charge is 0.435 e. The van der Waals surface area contributed by atoms with Gasteiger partial charge in [-0.1, -0.05) is 18.2 Å². The molecule has 0 fully saturated rings. The van der Waals surface area contributed by atoms with Crippen LogP contribution in [0.15, 0.2) is 24.3 Å². The Morgan fingerprint density at radius 3 is 2.58 bits per heavy atom. The van der Waals surface area contributed by atoms with Gasteiger partial charge in [-0.3, -0.25) is 0 Å². The van der Waals surface area contributed by atoms with Crippen molar-refractivity contribution in [2.45, 2.75) is 12.8 Å². The normalized spacial score (nSPS) is 10.3. The highest BCUT2D eigenvalue weighted by Crippen LogP contribution is 2.22. The molecule has 1 unspecified atom stereocenters. The average Bonchev–Trinajstić information content (AvgIpc) is 2.04. The van der Waals surface area contributed by atoms with Crippen LogP contribution in [0, 0.1) is 0 Å². The summed E-state index contributed by atoms with van der Waals surface area (Å²) in [7, 11) is 2.46. The summed E-state index contributed by atoms with van der Waals surface area (Å²) in [5, 5.41) is 0. The minimum atomic E-state index is -2.75. The van der Waals surface area contributed by atoms with Crippen LogP contribution in [0.2, 0.25) is 0 Å². The predicted octanol–water partition coefficient (Wildman–Crippen LogP) is 2.66. The van der Waals surface area contributed by atoms with E-state index in [0.29, 0.717) is 6.16 Å². The third kappa shape index (κ3) is 2.42. The van der Waals surface area contributed by atoms with Crippen molar-refractivity contribution < 1.29 is 13.5 Å². The van der Waals surface area contributed by atoms with Gasteiger partial charge in [0.1, 0.15) is 5.75 Å². The number of hydrogen-bond donors (Lipinski definition) is 0. The second kappa shape index (κ2) is 4.36. The summed E-state index contributed by atoms with van der Waals surface area (Å²) in [5.41, 5.74) is 0.766. The molecule has 0 radical (unpaired) electrons. The molecule has 1 nitrogen and oxygen atoms in total. The second-order valence-corrected chi connectivity index (χ2v) is 2.60. The first-order valence-electron chi connectivity index (χ1n) is 3.47. The zero-order valence-electron chi connectivity index (χ0n) is 6.34. The van der Waals surface area contributed by atoms with Crippen LogP contribution >= 0.6 is 9.24 Å². The molecular formula is C8H9F2OP. The zero-order valence-corrected chi connectivity index (χ0v) is 7.49. The van der Waals surface area contributed by atoms with Gasteiger partial charge in [0.05, 0.1) is 0 Å². The molecule has 0 bridgehead atoms. The molecule has 4 heteroatoms. The standard InChI is InChI=1S/C8H9F2OP/c9-8(10)11-7-4-2-1-3-6(7)5-12/h1-4,8H,5,12H2. The monoisotopic (exact) mass is 190 g/mol. The lowest BCUT2D eigenvalue weighted by molar-refractivity contribution is -0.0503. The van der Waals surface area contributed by atoms with Crippen molar-refractivity contribution in [1.29, 1.82) is 0 Å². The average molecular weight is 190 g/mol. The molecule has 0 amide bonds. The number of benzene rings is 1. The second-order valence-electron chi connectivity index (χ2n) is 2.19. The molecule has 66 valence electrons. The van der Waals surface area contributed by atoms with Crippen LogP contribution in [0.5, 0.6) is 5.75 Å². The Morgan fingerprint density at radius 1 is 1.33 bits per heavy atom. The van der Waals surface area contributed by atoms with Crippen LogP contribution in [0.1, 0.15) is 5.56 Å². The van der Waals surface area contributed by atoms with Gasteiger partial charge < -0.3 is 4.74 Å². The quantitative estimate of drug-likeness (QED) is 0.666. The lowest BCUT2D eigenvalue weighted by atomic mass is 10.2. The van der Waals surface area contributed by atoms with E-state index in [2.05, 4.69) is 14.0 Å². The van der Waals surface area contributed by atoms with Crippen molar-refractivity contribution in [2.24, 2.45) is 0 Å². The highest BCUT2D eigenvalue weighted by Gasteiger charge is 2.06. The van der Waals surface area contributed by atoms with E-state index in [1.807, 2.05) is 0 Å². The Hall–Kier alpha value is -0.690. The molecule has 0 aliphatic rings. The Bertz CT molecular complexity index is 253. The molecule has 0 aliphatic carbocycles. The summed E-state index contributed by atoms with van der Waals surface area (Å²) in [5.74, 6) is 0.252. The first-order valence-corrected chi connectivity index (χ1v) is 4.28. The number of halogens is 2. The molecule has 0 aliphatic heterocycles. The molecule has 0 spiro atoms. The lowest BCUT2D eigenvalue weighted by Gasteiger charge is -2.07. The smallest absolute Gasteiger partial charge is 0.387 e. The van der Waals surface area contributed by atoms with Crippen molar-refractivity contribution in [2.75, 3.05) is 0 Å². The van der Waals surface area contributed by atoms with E-state index in [9.17, 15) is 8.78 Å². The molecule has 1 atom stereocenters. The molecule has 0 N–H and O–H groups in total. The van der Waals surface area contributed by atoms with Gasteiger partial charge in [-0.05, 0) is 17.8 Å². The summed E-state index contributed by atoms with van der Waals surface area (Å²) in [6.07, 6.45) is 0.614. The summed E-state index contributed by atoms with van der Waals surface area (Å²) < 4.78 is 27.9. The van der Waals surface area contributed by atoms with Crippen molar-refractivity contribution in [3.63, 3.8) is 0 Å². The maximum atomic E-state index is 11.8. The number of alkyl halides is 2. The fourth-order valence-electron chi connectivity index (χ4n) is 0.883. The molecule has 0 heterocycles. The number of para-hydroxylation sites is 1. The minimum Gasteiger partial charge on any atom is -0.435 e. The summed E-state index contributed by atoms with van der Waals surface area (Å²) in [4.78, 5) is 0. The summed E-state index contributed by atoms with van der Waals surface area (Å²) in [6, 6.07) is 6.75. The van der Waals surface area contributed by atoms with Crippen molar-refractivity contribution in [3.05, 3.63) is 29.8 Å². The van der Waals surface area contributed by atoms with E-state index < -0.39 is 6.61 Å². The van der Waals surface area contributed by atoms with Crippen LogP contribution in [0.25, 0.3) is 0 Å². The molecule has 1 rings (SSSR count). The van der Waals surface area contributed by atoms with Gasteiger partial charge in [0.25, 0.3) is 0 Å². The zero-order chi connectivity index (χ0) is 8.97. The van der Waals surface area contributed by atoms with E-state index in [0.717, 1.165) is 5.56 Å². The molecule has 0 saturated heterocycles. The van der Waals surface area contributed by atoms with Crippen molar-refractivity contribution in [1.82, 2.24) is 0 Å². The number of rotatable bonds is 3. The van der Waals surface area contributed by atoms with Crippen LogP contribution < -0.4 is 4.74 Å². The molecule has 1 aromatic carbocycles. The third-order valence-corrected chi connectivity index (χ3v) is 1.85. The molecular weight excluding hydrogens is 181 g/mol. The Kier molecular flexibility index (Phi) is 3.42. The Balaban J connectivity index is 2.82. The highest BCUT2D eigenvalue weighted by atomic mass is 31.0. The van der Waals surface area contributed by atoms with E-state index >= 15 is 0 Å². The number of ether oxygens (including phenoxy) is 1. The molecule has 1 aromatic rings. The maximum absolute atomic E-state index is 11.8. The predicted molar refractivity (Wildman–Crippen MR) is 46.5 cm³/mol. The minimum absolute atomic E-state index is 0.252. The molecule has 0 aromatic heterocycles. The number of hydrogen-bond acceptors (Lipinski definition) is 1. The summed E-state index contributed by atoms with van der Waals surface area (Å²) >= 11 is 0. The lowest BCUT2D eigenvalue weighted by Crippen LogP contribution is -2.03. The van der Waals surface area contributed by atoms with E-state index in [1.165, 1.54) is 6.07 Å². The van der Waals surface area contributed by atoms with E-state index in [1.54, 1.807) is 18.2 Å². The maximum Gasteiger partial charge on any atom is 0.387 e. The van der Waals surface area contributed by atoms with E-state index in [4.69, 9.17) is 0 Å². The van der Waals surface area contributed by atoms with Crippen LogP contribution in [-0.2, 0) is 6.16 Å². The van der Waals surface area contributed by atoms with Gasteiger partial charge >= 0.3 is 6.61 Å². The van der Waals surface area contributed by atoms with Gasteiger partial charge in [0.2, 0.25) is 0 Å². The van der Waals surface area contributed by atoms with Crippen LogP contribution in [0.4, 0.5) is 8.78 Å². The van der Waals surface area contributed by atoms with Crippen LogP contribution in [0.3, 0.4) is 0 Å². The van der Waals surface area contributed by atoms with Gasteiger partial charge in [-0.15, -0.1) is 9.24 Å². The van der Waals surface area contributed by atoms with Gasteiger partial charge in [0.15, 0.2) is 0 Å². The SMILES string of the molecule is FC(F)Oc1ccccc1CP. The van der Waals surface area contributed by atoms with Crippen molar-refractivity contribution in [3.8, 4) is 5.75 Å². The molecule has 0 saturated carbocycles. The van der Waals surface area contributed by atoms with Gasteiger partial charge in [-0.25, -0.2) is 0 Å². The fourth-order valence-corrected chi connectivity index (χ4v) is 1.22. The van der Waals surface area contributed by atoms with E-state index in [-0.39, 0.29) is 5.75 Å². The Morgan fingerprint density at radius 2 is 2.00 bits per heavy atom. The first-order chi connectivity index (χ1) is 5.74. The Labute approximate surface area is 71.9 Å². The van der Waals surface area contributed by atoms with Crippen molar-refractivity contribution >= 4 is 9.24 Å². The topological polar surface area (TPSA) is 9.23 Å². The van der Waals surface area contributed by atoms with Gasteiger partial charge in [-0.2, -0.15) is 8.78 Å². The fraction of sp³-hybridized carbons (Fsp3) is 0.250. The third-order valence-electron chi connectivity index (χ3n) is 1.41. The summed E-state index contributed by atoms with van der Waals surface area (Å²) in [6.45, 7) is -2.75. The van der Waals surface area contributed by atoms with Crippen LogP contribution in [-0.4, -0.2) is 6.61 Å².